The first-order valence-electron chi connectivity index (χ1n) is 5.37. The number of piperidine rings is 1. The maximum Gasteiger partial charge on any atom is 0.228 e. The summed E-state index contributed by atoms with van der Waals surface area (Å²) < 4.78 is 0. The zero-order valence-electron chi connectivity index (χ0n) is 8.75. The molecule has 80 valence electrons. The summed E-state index contributed by atoms with van der Waals surface area (Å²) in [7, 11) is 0. The number of nitrogens with one attached hydrogen (secondary N) is 1. The Kier molecular flexibility index (Phi) is 2.49. The van der Waals surface area contributed by atoms with Crippen LogP contribution >= 0.6 is 0 Å². The molecule has 2 fully saturated rings. The van der Waals surface area contributed by atoms with Gasteiger partial charge < -0.3 is 16.0 Å². The highest BCUT2D eigenvalue weighted by Crippen LogP contribution is 2.20. The van der Waals surface area contributed by atoms with Crippen molar-refractivity contribution in [2.75, 3.05) is 26.2 Å². The van der Waals surface area contributed by atoms with Crippen molar-refractivity contribution in [3.05, 3.63) is 0 Å². The standard InChI is InChI=1S/C10H19N3O/c1-10(11)2-4-13(5-3-10)9(14)8-6-12-7-8/h8,12H,2-7,11H2,1H3. The molecular formula is C10H19N3O. The lowest BCUT2D eigenvalue weighted by atomic mass is 9.90. The van der Waals surface area contributed by atoms with Crippen molar-refractivity contribution in [1.29, 1.82) is 0 Å². The minimum absolute atomic E-state index is 0.0609. The molecule has 3 N–H and O–H groups in total. The van der Waals surface area contributed by atoms with Crippen molar-refractivity contribution in [3.8, 4) is 0 Å². The van der Waals surface area contributed by atoms with Crippen molar-refractivity contribution in [3.63, 3.8) is 0 Å². The van der Waals surface area contributed by atoms with Gasteiger partial charge in [-0.15, -0.1) is 0 Å². The molecule has 2 rings (SSSR count). The summed E-state index contributed by atoms with van der Waals surface area (Å²) in [5, 5.41) is 3.13. The van der Waals surface area contributed by atoms with Gasteiger partial charge in [0.2, 0.25) is 5.91 Å². The van der Waals surface area contributed by atoms with E-state index in [1.165, 1.54) is 0 Å². The number of nitrogens with zero attached hydrogens (tertiary/aromatic N) is 1. The molecule has 0 atom stereocenters. The van der Waals surface area contributed by atoms with Crippen LogP contribution in [0.4, 0.5) is 0 Å². The van der Waals surface area contributed by atoms with Crippen LogP contribution in [0.15, 0.2) is 0 Å². The molecule has 2 aliphatic heterocycles. The van der Waals surface area contributed by atoms with Crippen LogP contribution in [0.1, 0.15) is 19.8 Å². The molecule has 2 heterocycles. The number of amides is 1. The first kappa shape index (κ1) is 9.93. The Morgan fingerprint density at radius 2 is 2.00 bits per heavy atom. The van der Waals surface area contributed by atoms with Gasteiger partial charge in [-0.1, -0.05) is 0 Å². The Bertz CT molecular complexity index is 226. The highest BCUT2D eigenvalue weighted by Gasteiger charge is 2.33. The molecule has 14 heavy (non-hydrogen) atoms. The third kappa shape index (κ3) is 1.91. The summed E-state index contributed by atoms with van der Waals surface area (Å²) in [5.74, 6) is 0.552. The van der Waals surface area contributed by atoms with Crippen LogP contribution < -0.4 is 11.1 Å². The Morgan fingerprint density at radius 3 is 2.43 bits per heavy atom. The van der Waals surface area contributed by atoms with Gasteiger partial charge in [0, 0.05) is 31.7 Å². The van der Waals surface area contributed by atoms with E-state index in [2.05, 4.69) is 12.2 Å². The number of carbonyl (C=O) groups excluding carboxylic acids is 1. The lowest BCUT2D eigenvalue weighted by Gasteiger charge is -2.39. The predicted octanol–water partition coefficient (Wildman–Crippen LogP) is -0.454. The molecule has 2 saturated heterocycles. The van der Waals surface area contributed by atoms with Gasteiger partial charge in [0.1, 0.15) is 0 Å². The molecule has 2 aliphatic rings. The number of hydrogen-bond acceptors (Lipinski definition) is 3. The van der Waals surface area contributed by atoms with Gasteiger partial charge in [0.25, 0.3) is 0 Å². The average Bonchev–Trinajstić information content (AvgIpc) is 2.00. The Balaban J connectivity index is 1.85. The summed E-state index contributed by atoms with van der Waals surface area (Å²) in [6, 6.07) is 0. The maximum absolute atomic E-state index is 11.8. The zero-order valence-corrected chi connectivity index (χ0v) is 8.75. The van der Waals surface area contributed by atoms with E-state index in [1.54, 1.807) is 0 Å². The third-order valence-electron chi connectivity index (χ3n) is 3.35. The van der Waals surface area contributed by atoms with E-state index >= 15 is 0 Å². The van der Waals surface area contributed by atoms with Crippen molar-refractivity contribution >= 4 is 5.91 Å². The van der Waals surface area contributed by atoms with Gasteiger partial charge in [-0.25, -0.2) is 0 Å². The lowest BCUT2D eigenvalue weighted by molar-refractivity contribution is -0.138. The largest absolute Gasteiger partial charge is 0.342 e. The molecule has 0 aromatic rings. The minimum atomic E-state index is -0.0609. The molecule has 0 aromatic carbocycles. The lowest BCUT2D eigenvalue weighted by Crippen LogP contribution is -2.56. The molecule has 0 aromatic heterocycles. The number of nitrogens with two attached hydrogens (primary N) is 1. The molecule has 0 saturated carbocycles. The first-order valence-corrected chi connectivity index (χ1v) is 5.37. The average molecular weight is 197 g/mol. The summed E-state index contributed by atoms with van der Waals surface area (Å²) in [6.45, 7) is 5.45. The topological polar surface area (TPSA) is 58.4 Å². The summed E-state index contributed by atoms with van der Waals surface area (Å²) >= 11 is 0. The molecular weight excluding hydrogens is 178 g/mol. The van der Waals surface area contributed by atoms with Crippen LogP contribution in [-0.2, 0) is 4.79 Å². The summed E-state index contributed by atoms with van der Waals surface area (Å²) in [4.78, 5) is 13.8. The second-order valence-electron chi connectivity index (χ2n) is 4.83. The number of rotatable bonds is 1. The number of carbonyl (C=O) groups is 1. The monoisotopic (exact) mass is 197 g/mol. The van der Waals surface area contributed by atoms with Crippen LogP contribution in [0.3, 0.4) is 0 Å². The molecule has 0 spiro atoms. The van der Waals surface area contributed by atoms with Crippen molar-refractivity contribution in [2.24, 2.45) is 11.7 Å². The van der Waals surface area contributed by atoms with Crippen LogP contribution in [0.2, 0.25) is 0 Å². The fourth-order valence-electron chi connectivity index (χ4n) is 1.96. The van der Waals surface area contributed by atoms with Gasteiger partial charge in [-0.2, -0.15) is 0 Å². The van der Waals surface area contributed by atoms with Crippen molar-refractivity contribution < 1.29 is 4.79 Å². The first-order chi connectivity index (χ1) is 6.58. The number of hydrogen-bond donors (Lipinski definition) is 2. The maximum atomic E-state index is 11.8. The Morgan fingerprint density at radius 1 is 1.43 bits per heavy atom. The second kappa shape index (κ2) is 3.51. The van der Waals surface area contributed by atoms with E-state index < -0.39 is 0 Å². The highest BCUT2D eigenvalue weighted by molar-refractivity contribution is 5.80. The van der Waals surface area contributed by atoms with Crippen molar-refractivity contribution in [2.45, 2.75) is 25.3 Å². The SMILES string of the molecule is CC1(N)CCN(C(=O)C2CNC2)CC1. The minimum Gasteiger partial charge on any atom is -0.342 e. The third-order valence-corrected chi connectivity index (χ3v) is 3.35. The predicted molar refractivity (Wildman–Crippen MR) is 54.8 cm³/mol. The van der Waals surface area contributed by atoms with Gasteiger partial charge in [-0.3, -0.25) is 4.79 Å². The van der Waals surface area contributed by atoms with Gasteiger partial charge in [0.15, 0.2) is 0 Å². The van der Waals surface area contributed by atoms with Gasteiger partial charge in [0.05, 0.1) is 5.92 Å². The molecule has 4 heteroatoms. The van der Waals surface area contributed by atoms with Crippen LogP contribution in [-0.4, -0.2) is 42.5 Å². The molecule has 1 amide bonds. The zero-order chi connectivity index (χ0) is 10.2. The van der Waals surface area contributed by atoms with Gasteiger partial charge in [-0.05, 0) is 19.8 Å². The van der Waals surface area contributed by atoms with E-state index in [4.69, 9.17) is 5.73 Å². The van der Waals surface area contributed by atoms with E-state index in [9.17, 15) is 4.79 Å². The van der Waals surface area contributed by atoms with Crippen LogP contribution in [0.5, 0.6) is 0 Å². The fourth-order valence-corrected chi connectivity index (χ4v) is 1.96. The quantitative estimate of drug-likeness (QED) is 0.598. The fraction of sp³-hybridized carbons (Fsp3) is 0.900. The normalized spacial score (nSPS) is 27.1. The number of likely N-dealkylation sites (tertiary alicyclic amines) is 1. The highest BCUT2D eigenvalue weighted by atomic mass is 16.2. The Labute approximate surface area is 84.8 Å². The van der Waals surface area contributed by atoms with Crippen LogP contribution in [0, 0.1) is 5.92 Å². The molecule has 0 radical (unpaired) electrons. The van der Waals surface area contributed by atoms with E-state index in [1.807, 2.05) is 4.90 Å². The summed E-state index contributed by atoms with van der Waals surface area (Å²) in [5.41, 5.74) is 5.95. The molecule has 0 aliphatic carbocycles. The second-order valence-corrected chi connectivity index (χ2v) is 4.83. The van der Waals surface area contributed by atoms with Crippen LogP contribution in [0.25, 0.3) is 0 Å². The van der Waals surface area contributed by atoms with Gasteiger partial charge >= 0.3 is 0 Å². The van der Waals surface area contributed by atoms with E-state index in [-0.39, 0.29) is 11.5 Å². The molecule has 0 bridgehead atoms. The Hall–Kier alpha value is -0.610. The molecule has 0 unspecified atom stereocenters. The molecule has 4 nitrogen and oxygen atoms in total. The van der Waals surface area contributed by atoms with Crippen molar-refractivity contribution in [1.82, 2.24) is 10.2 Å². The van der Waals surface area contributed by atoms with E-state index in [0.717, 1.165) is 39.0 Å². The van der Waals surface area contributed by atoms with E-state index in [0.29, 0.717) is 5.91 Å². The summed E-state index contributed by atoms with van der Waals surface area (Å²) in [6.07, 6.45) is 1.86. The smallest absolute Gasteiger partial charge is 0.228 e.